The van der Waals surface area contributed by atoms with Gasteiger partial charge in [0.2, 0.25) is 0 Å². The van der Waals surface area contributed by atoms with Crippen molar-refractivity contribution in [3.8, 4) is 0 Å². The second-order valence-corrected chi connectivity index (χ2v) is 4.81. The molecule has 0 unspecified atom stereocenters. The van der Waals surface area contributed by atoms with Crippen LogP contribution in [0.5, 0.6) is 0 Å². The molecule has 0 aliphatic heterocycles. The van der Waals surface area contributed by atoms with Gasteiger partial charge in [0.25, 0.3) is 0 Å². The third-order valence-corrected chi connectivity index (χ3v) is 3.24. The summed E-state index contributed by atoms with van der Waals surface area (Å²) in [6.45, 7) is 3.04. The van der Waals surface area contributed by atoms with Gasteiger partial charge in [0, 0.05) is 24.5 Å². The van der Waals surface area contributed by atoms with Gasteiger partial charge < -0.3 is 10.6 Å². The molecule has 0 aromatic heterocycles. The van der Waals surface area contributed by atoms with E-state index in [9.17, 15) is 13.2 Å². The van der Waals surface area contributed by atoms with E-state index in [1.165, 1.54) is 12.1 Å². The van der Waals surface area contributed by atoms with Gasteiger partial charge in [-0.2, -0.15) is 13.2 Å². The molecule has 0 bridgehead atoms. The van der Waals surface area contributed by atoms with E-state index in [0.29, 0.717) is 24.3 Å². The zero-order valence-corrected chi connectivity index (χ0v) is 11.7. The number of hydrogen-bond acceptors (Lipinski definition) is 2. The van der Waals surface area contributed by atoms with Crippen molar-refractivity contribution in [1.82, 2.24) is 0 Å². The van der Waals surface area contributed by atoms with Crippen molar-refractivity contribution in [3.05, 3.63) is 59.7 Å². The number of hydrogen-bond donors (Lipinski definition) is 1. The van der Waals surface area contributed by atoms with Crippen molar-refractivity contribution < 1.29 is 13.2 Å². The zero-order valence-electron chi connectivity index (χ0n) is 11.7. The summed E-state index contributed by atoms with van der Waals surface area (Å²) >= 11 is 0. The van der Waals surface area contributed by atoms with Gasteiger partial charge in [0.1, 0.15) is 0 Å². The van der Waals surface area contributed by atoms with Gasteiger partial charge >= 0.3 is 6.18 Å². The SMILES string of the molecule is CCN(Cc1cccc(C(F)(F)F)c1)c1cccc(N)c1. The summed E-state index contributed by atoms with van der Waals surface area (Å²) in [7, 11) is 0. The maximum Gasteiger partial charge on any atom is 0.416 e. The summed E-state index contributed by atoms with van der Waals surface area (Å²) in [4.78, 5) is 1.98. The maximum absolute atomic E-state index is 12.7. The van der Waals surface area contributed by atoms with Gasteiger partial charge in [-0.25, -0.2) is 0 Å². The van der Waals surface area contributed by atoms with Gasteiger partial charge in [0.15, 0.2) is 0 Å². The Morgan fingerprint density at radius 2 is 1.76 bits per heavy atom. The Labute approximate surface area is 122 Å². The molecule has 2 nitrogen and oxygen atoms in total. The first-order chi connectivity index (χ1) is 9.90. The predicted molar refractivity (Wildman–Crippen MR) is 79.0 cm³/mol. The quantitative estimate of drug-likeness (QED) is 0.851. The summed E-state index contributed by atoms with van der Waals surface area (Å²) in [5.74, 6) is 0. The van der Waals surface area contributed by atoms with E-state index in [2.05, 4.69) is 0 Å². The lowest BCUT2D eigenvalue weighted by atomic mass is 10.1. The number of nitrogens with zero attached hydrogens (tertiary/aromatic N) is 1. The lowest BCUT2D eigenvalue weighted by molar-refractivity contribution is -0.137. The number of nitrogen functional groups attached to an aromatic ring is 1. The molecule has 0 saturated heterocycles. The van der Waals surface area contributed by atoms with E-state index < -0.39 is 11.7 Å². The summed E-state index contributed by atoms with van der Waals surface area (Å²) in [6, 6.07) is 12.7. The largest absolute Gasteiger partial charge is 0.416 e. The average Bonchev–Trinajstić information content (AvgIpc) is 2.44. The van der Waals surface area contributed by atoms with Crippen LogP contribution in [0.2, 0.25) is 0 Å². The fraction of sp³-hybridized carbons (Fsp3) is 0.250. The van der Waals surface area contributed by atoms with Crippen LogP contribution in [0.3, 0.4) is 0 Å². The molecular formula is C16H17F3N2. The van der Waals surface area contributed by atoms with Crippen LogP contribution in [0.15, 0.2) is 48.5 Å². The van der Waals surface area contributed by atoms with Crippen LogP contribution in [0, 0.1) is 0 Å². The Balaban J connectivity index is 2.23. The van der Waals surface area contributed by atoms with E-state index in [-0.39, 0.29) is 0 Å². The molecule has 0 atom stereocenters. The minimum atomic E-state index is -4.32. The Morgan fingerprint density at radius 3 is 2.38 bits per heavy atom. The molecule has 0 spiro atoms. The summed E-state index contributed by atoms with van der Waals surface area (Å²) in [6.07, 6.45) is -4.32. The molecule has 112 valence electrons. The van der Waals surface area contributed by atoms with Crippen molar-refractivity contribution in [2.75, 3.05) is 17.2 Å². The van der Waals surface area contributed by atoms with Crippen LogP contribution >= 0.6 is 0 Å². The molecule has 0 radical (unpaired) electrons. The number of rotatable bonds is 4. The fourth-order valence-corrected chi connectivity index (χ4v) is 2.17. The number of alkyl halides is 3. The molecule has 0 aliphatic rings. The average molecular weight is 294 g/mol. The lowest BCUT2D eigenvalue weighted by Gasteiger charge is -2.24. The van der Waals surface area contributed by atoms with Crippen LogP contribution in [-0.4, -0.2) is 6.54 Å². The number of benzene rings is 2. The van der Waals surface area contributed by atoms with Crippen molar-refractivity contribution in [1.29, 1.82) is 0 Å². The third-order valence-electron chi connectivity index (χ3n) is 3.24. The summed E-state index contributed by atoms with van der Waals surface area (Å²) in [5, 5.41) is 0. The highest BCUT2D eigenvalue weighted by Crippen LogP contribution is 2.30. The number of nitrogens with two attached hydrogens (primary N) is 1. The van der Waals surface area contributed by atoms with Crippen molar-refractivity contribution in [2.45, 2.75) is 19.6 Å². The Hall–Kier alpha value is -2.17. The van der Waals surface area contributed by atoms with Crippen molar-refractivity contribution in [2.24, 2.45) is 0 Å². The molecule has 21 heavy (non-hydrogen) atoms. The van der Waals surface area contributed by atoms with Gasteiger partial charge in [-0.3, -0.25) is 0 Å². The van der Waals surface area contributed by atoms with E-state index >= 15 is 0 Å². The van der Waals surface area contributed by atoms with Crippen LogP contribution in [0.25, 0.3) is 0 Å². The molecule has 5 heteroatoms. The third kappa shape index (κ3) is 3.90. The summed E-state index contributed by atoms with van der Waals surface area (Å²) < 4.78 is 38.2. The van der Waals surface area contributed by atoms with E-state index in [1.54, 1.807) is 12.1 Å². The highest BCUT2D eigenvalue weighted by Gasteiger charge is 2.30. The van der Waals surface area contributed by atoms with Crippen LogP contribution in [0.1, 0.15) is 18.1 Å². The fourth-order valence-electron chi connectivity index (χ4n) is 2.17. The first kappa shape index (κ1) is 15.2. The number of anilines is 2. The topological polar surface area (TPSA) is 29.3 Å². The molecule has 2 rings (SSSR count). The second-order valence-electron chi connectivity index (χ2n) is 4.81. The van der Waals surface area contributed by atoms with Crippen LogP contribution in [0.4, 0.5) is 24.5 Å². The van der Waals surface area contributed by atoms with Gasteiger partial charge in [-0.05, 0) is 42.8 Å². The highest BCUT2D eigenvalue weighted by atomic mass is 19.4. The molecule has 2 aromatic rings. The van der Waals surface area contributed by atoms with E-state index in [4.69, 9.17) is 5.73 Å². The zero-order chi connectivity index (χ0) is 15.5. The smallest absolute Gasteiger partial charge is 0.399 e. The molecular weight excluding hydrogens is 277 g/mol. The minimum Gasteiger partial charge on any atom is -0.399 e. The van der Waals surface area contributed by atoms with E-state index in [0.717, 1.165) is 11.8 Å². The maximum atomic E-state index is 12.7. The van der Waals surface area contributed by atoms with Gasteiger partial charge in [-0.1, -0.05) is 18.2 Å². The Bertz CT molecular complexity index is 608. The minimum absolute atomic E-state index is 0.407. The van der Waals surface area contributed by atoms with Crippen molar-refractivity contribution in [3.63, 3.8) is 0 Å². The molecule has 2 aromatic carbocycles. The Kier molecular flexibility index (Phi) is 4.40. The molecule has 0 amide bonds. The summed E-state index contributed by atoms with van der Waals surface area (Å²) in [5.41, 5.74) is 7.28. The monoisotopic (exact) mass is 294 g/mol. The predicted octanol–water partition coefficient (Wildman–Crippen LogP) is 4.31. The van der Waals surface area contributed by atoms with Crippen LogP contribution in [-0.2, 0) is 12.7 Å². The van der Waals surface area contributed by atoms with E-state index in [1.807, 2.05) is 30.0 Å². The molecule has 0 saturated carbocycles. The molecule has 0 aliphatic carbocycles. The lowest BCUT2D eigenvalue weighted by Crippen LogP contribution is -2.22. The standard InChI is InChI=1S/C16H17F3N2/c1-2-21(15-8-4-7-14(20)10-15)11-12-5-3-6-13(9-12)16(17,18)19/h3-10H,2,11,20H2,1H3. The Morgan fingerprint density at radius 1 is 1.05 bits per heavy atom. The van der Waals surface area contributed by atoms with Gasteiger partial charge in [0.05, 0.1) is 5.56 Å². The second kappa shape index (κ2) is 6.08. The first-order valence-electron chi connectivity index (χ1n) is 6.67. The normalized spacial score (nSPS) is 11.4. The first-order valence-corrected chi connectivity index (χ1v) is 6.67. The molecule has 2 N–H and O–H groups in total. The van der Waals surface area contributed by atoms with Gasteiger partial charge in [-0.15, -0.1) is 0 Å². The molecule has 0 heterocycles. The molecule has 0 fully saturated rings. The highest BCUT2D eigenvalue weighted by molar-refractivity contribution is 5.56. The van der Waals surface area contributed by atoms with Crippen LogP contribution < -0.4 is 10.6 Å². The number of halogens is 3. The van der Waals surface area contributed by atoms with Crippen molar-refractivity contribution >= 4 is 11.4 Å².